The van der Waals surface area contributed by atoms with Crippen LogP contribution in [-0.4, -0.2) is 35.7 Å². The lowest BCUT2D eigenvalue weighted by molar-refractivity contribution is 0.0968. The van der Waals surface area contributed by atoms with Gasteiger partial charge in [0.05, 0.1) is 6.61 Å². The van der Waals surface area contributed by atoms with Crippen molar-refractivity contribution in [3.63, 3.8) is 0 Å². The van der Waals surface area contributed by atoms with E-state index >= 15 is 0 Å². The number of hydrogen-bond donors (Lipinski definition) is 0. The first kappa shape index (κ1) is 12.9. The first-order valence-electron chi connectivity index (χ1n) is 6.55. The number of pyridine rings is 1. The molecule has 1 amide bonds. The number of ether oxygens (including phenoxy) is 1. The molecule has 4 nitrogen and oxygen atoms in total. The molecule has 1 fully saturated rings. The molecular weight excluding hydrogens is 228 g/mol. The molecule has 1 aliphatic rings. The van der Waals surface area contributed by atoms with Gasteiger partial charge in [0.25, 0.3) is 0 Å². The Morgan fingerprint density at radius 3 is 2.72 bits per heavy atom. The van der Waals surface area contributed by atoms with Gasteiger partial charge in [0.15, 0.2) is 0 Å². The Hall–Kier alpha value is -1.58. The maximum absolute atomic E-state index is 11.6. The molecule has 1 aromatic heterocycles. The van der Waals surface area contributed by atoms with Gasteiger partial charge in [-0.3, -0.25) is 4.98 Å². The molecule has 0 aromatic carbocycles. The monoisotopic (exact) mass is 248 g/mol. The molecule has 1 saturated heterocycles. The van der Waals surface area contributed by atoms with E-state index in [9.17, 15) is 4.79 Å². The highest BCUT2D eigenvalue weighted by Crippen LogP contribution is 2.26. The minimum atomic E-state index is -0.187. The predicted octanol–water partition coefficient (Wildman–Crippen LogP) is 2.73. The molecule has 0 atom stereocenters. The highest BCUT2D eigenvalue weighted by Gasteiger charge is 2.24. The molecule has 2 rings (SSSR count). The van der Waals surface area contributed by atoms with Crippen LogP contribution in [0.5, 0.6) is 0 Å². The lowest BCUT2D eigenvalue weighted by atomic mass is 9.93. The van der Waals surface area contributed by atoms with E-state index in [2.05, 4.69) is 17.1 Å². The summed E-state index contributed by atoms with van der Waals surface area (Å²) in [4.78, 5) is 17.8. The predicted molar refractivity (Wildman–Crippen MR) is 69.5 cm³/mol. The summed E-state index contributed by atoms with van der Waals surface area (Å²) in [6.45, 7) is 5.84. The molecule has 2 heterocycles. The Kier molecular flexibility index (Phi) is 4.18. The van der Waals surface area contributed by atoms with Crippen LogP contribution in [-0.2, 0) is 4.74 Å². The molecule has 0 N–H and O–H groups in total. The number of piperidine rings is 1. The van der Waals surface area contributed by atoms with Crippen LogP contribution in [0.25, 0.3) is 0 Å². The molecule has 0 saturated carbocycles. The van der Waals surface area contributed by atoms with Crippen molar-refractivity contribution in [3.05, 3.63) is 29.6 Å². The fourth-order valence-corrected chi connectivity index (χ4v) is 2.29. The molecule has 0 aliphatic carbocycles. The van der Waals surface area contributed by atoms with Crippen LogP contribution in [0.1, 0.15) is 36.9 Å². The number of hydrogen-bond acceptors (Lipinski definition) is 3. The quantitative estimate of drug-likeness (QED) is 0.808. The van der Waals surface area contributed by atoms with E-state index in [-0.39, 0.29) is 6.09 Å². The molecule has 0 radical (unpaired) electrons. The Bertz CT molecular complexity index is 395. The number of carbonyl (C=O) groups excluding carboxylic acids is 1. The van der Waals surface area contributed by atoms with E-state index in [4.69, 9.17) is 4.74 Å². The van der Waals surface area contributed by atoms with E-state index in [0.29, 0.717) is 12.5 Å². The normalized spacial score (nSPS) is 16.7. The van der Waals surface area contributed by atoms with Gasteiger partial charge in [0.2, 0.25) is 0 Å². The largest absolute Gasteiger partial charge is 0.450 e. The van der Waals surface area contributed by atoms with Gasteiger partial charge in [-0.2, -0.15) is 0 Å². The summed E-state index contributed by atoms with van der Waals surface area (Å²) in [5.41, 5.74) is 2.33. The van der Waals surface area contributed by atoms with Gasteiger partial charge in [-0.05, 0) is 38.3 Å². The first-order valence-corrected chi connectivity index (χ1v) is 6.55. The standard InChI is InChI=1S/C14H20N2O2/c1-3-18-14(17)16-8-6-12(7-9-16)13-5-4-11(2)10-15-13/h4-5,10,12H,3,6-9H2,1-2H3. The second-order valence-corrected chi connectivity index (χ2v) is 4.72. The summed E-state index contributed by atoms with van der Waals surface area (Å²) in [5.74, 6) is 0.469. The van der Waals surface area contributed by atoms with Gasteiger partial charge in [-0.15, -0.1) is 0 Å². The number of rotatable bonds is 2. The third-order valence-electron chi connectivity index (χ3n) is 3.37. The molecule has 4 heteroatoms. The van der Waals surface area contributed by atoms with Crippen LogP contribution < -0.4 is 0 Å². The maximum Gasteiger partial charge on any atom is 0.409 e. The molecular formula is C14H20N2O2. The fraction of sp³-hybridized carbons (Fsp3) is 0.571. The minimum absolute atomic E-state index is 0.187. The number of aryl methyl sites for hydroxylation is 1. The van der Waals surface area contributed by atoms with Gasteiger partial charge in [-0.25, -0.2) is 4.79 Å². The summed E-state index contributed by atoms with van der Waals surface area (Å²) in [6, 6.07) is 4.19. The molecule has 0 unspecified atom stereocenters. The van der Waals surface area contributed by atoms with Crippen molar-refractivity contribution in [3.8, 4) is 0 Å². The zero-order chi connectivity index (χ0) is 13.0. The van der Waals surface area contributed by atoms with E-state index in [0.717, 1.165) is 31.6 Å². The minimum Gasteiger partial charge on any atom is -0.450 e. The zero-order valence-corrected chi connectivity index (χ0v) is 11.1. The summed E-state index contributed by atoms with van der Waals surface area (Å²) in [5, 5.41) is 0. The van der Waals surface area contributed by atoms with E-state index in [1.807, 2.05) is 20.0 Å². The Balaban J connectivity index is 1.90. The third-order valence-corrected chi connectivity index (χ3v) is 3.37. The number of carbonyl (C=O) groups is 1. The average Bonchev–Trinajstić information content (AvgIpc) is 2.40. The van der Waals surface area contributed by atoms with Crippen molar-refractivity contribution in [1.82, 2.24) is 9.88 Å². The topological polar surface area (TPSA) is 42.4 Å². The lowest BCUT2D eigenvalue weighted by Crippen LogP contribution is -2.38. The van der Waals surface area contributed by atoms with Gasteiger partial charge in [0.1, 0.15) is 0 Å². The summed E-state index contributed by atoms with van der Waals surface area (Å²) in [7, 11) is 0. The summed E-state index contributed by atoms with van der Waals surface area (Å²) >= 11 is 0. The van der Waals surface area contributed by atoms with Crippen LogP contribution in [0.15, 0.2) is 18.3 Å². The Morgan fingerprint density at radius 2 is 2.17 bits per heavy atom. The van der Waals surface area contributed by atoms with Crippen LogP contribution in [0, 0.1) is 6.92 Å². The maximum atomic E-state index is 11.6. The summed E-state index contributed by atoms with van der Waals surface area (Å²) < 4.78 is 5.01. The second-order valence-electron chi connectivity index (χ2n) is 4.72. The average molecular weight is 248 g/mol. The van der Waals surface area contributed by atoms with Gasteiger partial charge in [0, 0.05) is 30.9 Å². The fourth-order valence-electron chi connectivity index (χ4n) is 2.29. The van der Waals surface area contributed by atoms with Crippen molar-refractivity contribution in [2.45, 2.75) is 32.6 Å². The SMILES string of the molecule is CCOC(=O)N1CCC(c2ccc(C)cn2)CC1. The highest BCUT2D eigenvalue weighted by atomic mass is 16.6. The van der Waals surface area contributed by atoms with Crippen LogP contribution >= 0.6 is 0 Å². The Morgan fingerprint density at radius 1 is 1.44 bits per heavy atom. The number of amides is 1. The smallest absolute Gasteiger partial charge is 0.409 e. The van der Waals surface area contributed by atoms with E-state index in [1.165, 1.54) is 5.56 Å². The van der Waals surface area contributed by atoms with Gasteiger partial charge in [-0.1, -0.05) is 6.07 Å². The van der Waals surface area contributed by atoms with Gasteiger partial charge >= 0.3 is 6.09 Å². The number of aromatic nitrogens is 1. The van der Waals surface area contributed by atoms with Crippen molar-refractivity contribution < 1.29 is 9.53 Å². The van der Waals surface area contributed by atoms with Gasteiger partial charge < -0.3 is 9.64 Å². The number of nitrogens with zero attached hydrogens (tertiary/aromatic N) is 2. The van der Waals surface area contributed by atoms with E-state index < -0.39 is 0 Å². The molecule has 1 aromatic rings. The van der Waals surface area contributed by atoms with Crippen LogP contribution in [0.3, 0.4) is 0 Å². The van der Waals surface area contributed by atoms with Crippen molar-refractivity contribution in [2.24, 2.45) is 0 Å². The highest BCUT2D eigenvalue weighted by molar-refractivity contribution is 5.67. The van der Waals surface area contributed by atoms with E-state index in [1.54, 1.807) is 4.90 Å². The number of likely N-dealkylation sites (tertiary alicyclic amines) is 1. The molecule has 98 valence electrons. The molecule has 0 bridgehead atoms. The van der Waals surface area contributed by atoms with Crippen LogP contribution in [0.2, 0.25) is 0 Å². The Labute approximate surface area is 108 Å². The van der Waals surface area contributed by atoms with Crippen molar-refractivity contribution in [1.29, 1.82) is 0 Å². The molecule has 18 heavy (non-hydrogen) atoms. The lowest BCUT2D eigenvalue weighted by Gasteiger charge is -2.30. The zero-order valence-electron chi connectivity index (χ0n) is 11.1. The molecule has 0 spiro atoms. The molecule has 1 aliphatic heterocycles. The van der Waals surface area contributed by atoms with Crippen molar-refractivity contribution in [2.75, 3.05) is 19.7 Å². The first-order chi connectivity index (χ1) is 8.70. The third kappa shape index (κ3) is 3.00. The summed E-state index contributed by atoms with van der Waals surface area (Å²) in [6.07, 6.45) is 3.66. The second kappa shape index (κ2) is 5.85. The van der Waals surface area contributed by atoms with Crippen molar-refractivity contribution >= 4 is 6.09 Å². The van der Waals surface area contributed by atoms with Crippen LogP contribution in [0.4, 0.5) is 4.79 Å².